The highest BCUT2D eigenvalue weighted by atomic mass is 16.5. The maximum Gasteiger partial charge on any atom is 0.118 e. The fourth-order valence-corrected chi connectivity index (χ4v) is 1.83. The molecule has 0 unspecified atom stereocenters. The monoisotopic (exact) mass is 242 g/mol. The molecule has 3 nitrogen and oxygen atoms in total. The first-order valence-electron chi connectivity index (χ1n) is 5.92. The molecule has 0 radical (unpaired) electrons. The van der Waals surface area contributed by atoms with Crippen molar-refractivity contribution in [2.75, 3.05) is 18.2 Å². The lowest BCUT2D eigenvalue weighted by molar-refractivity contribution is 0.414. The van der Waals surface area contributed by atoms with E-state index >= 15 is 0 Å². The van der Waals surface area contributed by atoms with E-state index < -0.39 is 0 Å². The van der Waals surface area contributed by atoms with Gasteiger partial charge in [-0.1, -0.05) is 12.1 Å². The molecule has 0 fully saturated rings. The van der Waals surface area contributed by atoms with Crippen LogP contribution in [0.25, 0.3) is 0 Å². The first-order valence-corrected chi connectivity index (χ1v) is 5.92. The third-order valence-electron chi connectivity index (χ3n) is 2.89. The molecule has 0 aliphatic rings. The minimum atomic E-state index is 0.786. The maximum absolute atomic E-state index is 5.73. The molecule has 94 valence electrons. The average Bonchev–Trinajstić information content (AvgIpc) is 2.38. The van der Waals surface area contributed by atoms with Crippen LogP contribution in [0, 0.1) is 6.92 Å². The van der Waals surface area contributed by atoms with Crippen LogP contribution < -0.4 is 15.8 Å². The average molecular weight is 242 g/mol. The molecule has 0 aromatic heterocycles. The molecule has 0 saturated heterocycles. The van der Waals surface area contributed by atoms with E-state index in [2.05, 4.69) is 17.4 Å². The molecule has 0 heterocycles. The zero-order valence-electron chi connectivity index (χ0n) is 10.7. The maximum atomic E-state index is 5.73. The van der Waals surface area contributed by atoms with Gasteiger partial charge in [-0.2, -0.15) is 0 Å². The highest BCUT2D eigenvalue weighted by Crippen LogP contribution is 2.19. The van der Waals surface area contributed by atoms with Crippen LogP contribution in [0.3, 0.4) is 0 Å². The Morgan fingerprint density at radius 2 is 1.83 bits per heavy atom. The zero-order chi connectivity index (χ0) is 13.0. The topological polar surface area (TPSA) is 47.3 Å². The molecule has 3 heteroatoms. The van der Waals surface area contributed by atoms with E-state index in [0.29, 0.717) is 0 Å². The summed E-state index contributed by atoms with van der Waals surface area (Å²) in [6.07, 6.45) is 0. The van der Waals surface area contributed by atoms with E-state index in [9.17, 15) is 0 Å². The van der Waals surface area contributed by atoms with Gasteiger partial charge in [0.15, 0.2) is 0 Å². The van der Waals surface area contributed by atoms with Gasteiger partial charge in [0.1, 0.15) is 5.75 Å². The third-order valence-corrected chi connectivity index (χ3v) is 2.89. The van der Waals surface area contributed by atoms with E-state index in [1.807, 2.05) is 37.3 Å². The summed E-state index contributed by atoms with van der Waals surface area (Å²) in [6, 6.07) is 13.9. The quantitative estimate of drug-likeness (QED) is 0.809. The van der Waals surface area contributed by atoms with Gasteiger partial charge < -0.3 is 15.8 Å². The number of benzene rings is 2. The minimum absolute atomic E-state index is 0.786. The Labute approximate surface area is 108 Å². The third kappa shape index (κ3) is 2.94. The number of methoxy groups -OCH3 is 1. The van der Waals surface area contributed by atoms with Gasteiger partial charge in [-0.15, -0.1) is 0 Å². The number of rotatable bonds is 4. The molecule has 18 heavy (non-hydrogen) atoms. The molecule has 3 N–H and O–H groups in total. The normalized spacial score (nSPS) is 10.1. The lowest BCUT2D eigenvalue weighted by Crippen LogP contribution is -2.01. The van der Waals surface area contributed by atoms with Gasteiger partial charge >= 0.3 is 0 Å². The second-order valence-corrected chi connectivity index (χ2v) is 4.28. The van der Waals surface area contributed by atoms with Gasteiger partial charge in [0.25, 0.3) is 0 Å². The van der Waals surface area contributed by atoms with Gasteiger partial charge in [0, 0.05) is 17.9 Å². The van der Waals surface area contributed by atoms with Crippen LogP contribution in [0.4, 0.5) is 11.4 Å². The van der Waals surface area contributed by atoms with Gasteiger partial charge in [-0.05, 0) is 48.4 Å². The molecule has 0 aliphatic heterocycles. The summed E-state index contributed by atoms with van der Waals surface area (Å²) in [4.78, 5) is 0. The van der Waals surface area contributed by atoms with Crippen LogP contribution in [0.1, 0.15) is 11.1 Å². The van der Waals surface area contributed by atoms with Crippen LogP contribution in [-0.4, -0.2) is 7.11 Å². The number of hydrogen-bond donors (Lipinski definition) is 2. The molecular weight excluding hydrogens is 224 g/mol. The summed E-state index contributed by atoms with van der Waals surface area (Å²) in [5.74, 6) is 0.877. The van der Waals surface area contributed by atoms with Gasteiger partial charge in [0.05, 0.1) is 7.11 Å². The number of ether oxygens (including phenoxy) is 1. The van der Waals surface area contributed by atoms with Crippen molar-refractivity contribution < 1.29 is 4.74 Å². The number of nitrogen functional groups attached to an aromatic ring is 1. The Morgan fingerprint density at radius 3 is 2.44 bits per heavy atom. The highest BCUT2D eigenvalue weighted by molar-refractivity contribution is 5.57. The molecule has 0 saturated carbocycles. The fraction of sp³-hybridized carbons (Fsp3) is 0.200. The summed E-state index contributed by atoms with van der Waals surface area (Å²) in [6.45, 7) is 2.83. The van der Waals surface area contributed by atoms with Crippen molar-refractivity contribution in [1.82, 2.24) is 0 Å². The number of anilines is 2. The molecule has 2 rings (SSSR count). The summed E-state index contributed by atoms with van der Waals surface area (Å²) < 4.78 is 5.13. The van der Waals surface area contributed by atoms with Crippen LogP contribution >= 0.6 is 0 Å². The van der Waals surface area contributed by atoms with Crippen LogP contribution in [-0.2, 0) is 6.54 Å². The number of hydrogen-bond acceptors (Lipinski definition) is 3. The number of aryl methyl sites for hydroxylation is 1. The predicted octanol–water partition coefficient (Wildman–Crippen LogP) is 3.20. The van der Waals surface area contributed by atoms with E-state index in [-0.39, 0.29) is 0 Å². The molecule has 2 aromatic carbocycles. The lowest BCUT2D eigenvalue weighted by atomic mass is 10.1. The molecule has 0 amide bonds. The standard InChI is InChI=1S/C15H18N2O/c1-11-9-13(16)5-8-15(11)17-10-12-3-6-14(18-2)7-4-12/h3-9,17H,10,16H2,1-2H3. The van der Waals surface area contributed by atoms with Crippen LogP contribution in [0.5, 0.6) is 5.75 Å². The summed E-state index contributed by atoms with van der Waals surface area (Å²) >= 11 is 0. The fourth-order valence-electron chi connectivity index (χ4n) is 1.83. The van der Waals surface area contributed by atoms with E-state index in [0.717, 1.165) is 29.2 Å². The summed E-state index contributed by atoms with van der Waals surface area (Å²) in [5.41, 5.74) is 10.0. The molecule has 2 aromatic rings. The zero-order valence-corrected chi connectivity index (χ0v) is 10.7. The van der Waals surface area contributed by atoms with E-state index in [1.54, 1.807) is 7.11 Å². The SMILES string of the molecule is COc1ccc(CNc2ccc(N)cc2C)cc1. The van der Waals surface area contributed by atoms with Crippen molar-refractivity contribution >= 4 is 11.4 Å². The Hall–Kier alpha value is -2.16. The lowest BCUT2D eigenvalue weighted by Gasteiger charge is -2.10. The smallest absolute Gasteiger partial charge is 0.118 e. The first-order chi connectivity index (χ1) is 8.69. The Bertz CT molecular complexity index is 521. The van der Waals surface area contributed by atoms with Crippen molar-refractivity contribution in [2.24, 2.45) is 0 Å². The van der Waals surface area contributed by atoms with Crippen molar-refractivity contribution in [3.05, 3.63) is 53.6 Å². The van der Waals surface area contributed by atoms with Crippen LogP contribution in [0.15, 0.2) is 42.5 Å². The Balaban J connectivity index is 2.02. The van der Waals surface area contributed by atoms with Crippen LogP contribution in [0.2, 0.25) is 0 Å². The minimum Gasteiger partial charge on any atom is -0.497 e. The van der Waals surface area contributed by atoms with Gasteiger partial charge in [0.2, 0.25) is 0 Å². The second-order valence-electron chi connectivity index (χ2n) is 4.28. The number of nitrogens with one attached hydrogen (secondary N) is 1. The van der Waals surface area contributed by atoms with Crippen molar-refractivity contribution in [1.29, 1.82) is 0 Å². The Morgan fingerprint density at radius 1 is 1.11 bits per heavy atom. The molecular formula is C15H18N2O. The highest BCUT2D eigenvalue weighted by Gasteiger charge is 1.99. The van der Waals surface area contributed by atoms with E-state index in [4.69, 9.17) is 10.5 Å². The van der Waals surface area contributed by atoms with Crippen molar-refractivity contribution in [3.8, 4) is 5.75 Å². The molecule has 0 bridgehead atoms. The number of nitrogens with two attached hydrogens (primary N) is 1. The largest absolute Gasteiger partial charge is 0.497 e. The van der Waals surface area contributed by atoms with Gasteiger partial charge in [-0.25, -0.2) is 0 Å². The van der Waals surface area contributed by atoms with Gasteiger partial charge in [-0.3, -0.25) is 0 Å². The Kier molecular flexibility index (Phi) is 3.72. The predicted molar refractivity (Wildman–Crippen MR) is 75.9 cm³/mol. The summed E-state index contributed by atoms with van der Waals surface area (Å²) in [5, 5.41) is 3.40. The van der Waals surface area contributed by atoms with E-state index in [1.165, 1.54) is 5.56 Å². The molecule has 0 aliphatic carbocycles. The molecule has 0 atom stereocenters. The van der Waals surface area contributed by atoms with Crippen molar-refractivity contribution in [3.63, 3.8) is 0 Å². The molecule has 0 spiro atoms. The van der Waals surface area contributed by atoms with Crippen molar-refractivity contribution in [2.45, 2.75) is 13.5 Å². The first kappa shape index (κ1) is 12.3. The second kappa shape index (κ2) is 5.45. The summed E-state index contributed by atoms with van der Waals surface area (Å²) in [7, 11) is 1.67.